The quantitative estimate of drug-likeness (QED) is 0.885. The van der Waals surface area contributed by atoms with Crippen LogP contribution in [0.2, 0.25) is 0 Å². The highest BCUT2D eigenvalue weighted by Crippen LogP contribution is 2.25. The number of aromatic amines is 1. The van der Waals surface area contributed by atoms with Gasteiger partial charge in [0.2, 0.25) is 0 Å². The van der Waals surface area contributed by atoms with Crippen LogP contribution < -0.4 is 5.43 Å². The van der Waals surface area contributed by atoms with Crippen molar-refractivity contribution in [2.24, 2.45) is 10.1 Å². The van der Waals surface area contributed by atoms with Crippen LogP contribution in [0.25, 0.3) is 10.9 Å². The Morgan fingerprint density at radius 3 is 3.00 bits per heavy atom. The highest BCUT2D eigenvalue weighted by molar-refractivity contribution is 8.14. The molecule has 0 fully saturated rings. The maximum absolute atomic E-state index is 5.11. The Hall–Kier alpha value is -1.79. The average Bonchev–Trinajstić information content (AvgIpc) is 3.00. The van der Waals surface area contributed by atoms with Crippen molar-refractivity contribution in [1.82, 2.24) is 10.4 Å². The monoisotopic (exact) mass is 330 g/mol. The summed E-state index contributed by atoms with van der Waals surface area (Å²) in [6.07, 6.45) is 3.07. The van der Waals surface area contributed by atoms with E-state index in [4.69, 9.17) is 4.74 Å². The zero-order chi connectivity index (χ0) is 16.2. The van der Waals surface area contributed by atoms with Gasteiger partial charge in [-0.2, -0.15) is 5.10 Å². The lowest BCUT2D eigenvalue weighted by Crippen LogP contribution is -2.27. The predicted molar refractivity (Wildman–Crippen MR) is 98.6 cm³/mol. The number of methoxy groups -OCH3 is 1. The minimum absolute atomic E-state index is 0.131. The maximum Gasteiger partial charge on any atom is 0.177 e. The number of hydrazone groups is 1. The number of ether oxygens (including phenoxy) is 1. The molecule has 1 atom stereocenters. The number of rotatable bonds is 5. The lowest BCUT2D eigenvalue weighted by molar-refractivity contribution is 0.186. The molecule has 6 heteroatoms. The number of nitrogens with one attached hydrogen (secondary N) is 2. The van der Waals surface area contributed by atoms with Crippen molar-refractivity contribution in [1.29, 1.82) is 0 Å². The first-order chi connectivity index (χ1) is 11.2. The number of thioether (sulfide) groups is 1. The minimum atomic E-state index is 0.131. The van der Waals surface area contributed by atoms with Crippen LogP contribution in [0.15, 0.2) is 34.5 Å². The van der Waals surface area contributed by atoms with E-state index in [1.54, 1.807) is 18.9 Å². The van der Waals surface area contributed by atoms with Gasteiger partial charge in [-0.25, -0.2) is 0 Å². The molecule has 1 aromatic carbocycles. The molecule has 3 rings (SSSR count). The van der Waals surface area contributed by atoms with Crippen molar-refractivity contribution in [3.8, 4) is 0 Å². The van der Waals surface area contributed by atoms with Crippen LogP contribution >= 0.6 is 11.8 Å². The van der Waals surface area contributed by atoms with Crippen molar-refractivity contribution < 1.29 is 4.74 Å². The van der Waals surface area contributed by atoms with Gasteiger partial charge in [0.15, 0.2) is 5.17 Å². The van der Waals surface area contributed by atoms with Crippen LogP contribution in [0.3, 0.4) is 0 Å². The fourth-order valence-electron chi connectivity index (χ4n) is 2.75. The fourth-order valence-corrected chi connectivity index (χ4v) is 3.61. The van der Waals surface area contributed by atoms with Crippen LogP contribution in [0.1, 0.15) is 25.0 Å². The summed E-state index contributed by atoms with van der Waals surface area (Å²) in [5.74, 6) is 0.814. The summed E-state index contributed by atoms with van der Waals surface area (Å²) in [7, 11) is 1.69. The van der Waals surface area contributed by atoms with E-state index in [1.165, 1.54) is 22.0 Å². The minimum Gasteiger partial charge on any atom is -0.382 e. The normalized spacial score (nSPS) is 18.0. The number of hydrogen-bond donors (Lipinski definition) is 2. The van der Waals surface area contributed by atoms with Gasteiger partial charge in [-0.05, 0) is 18.9 Å². The molecule has 0 saturated carbocycles. The number of benzene rings is 1. The molecule has 0 radical (unpaired) electrons. The zero-order valence-corrected chi connectivity index (χ0v) is 14.5. The lowest BCUT2D eigenvalue weighted by Gasteiger charge is -2.16. The van der Waals surface area contributed by atoms with Crippen molar-refractivity contribution in [2.75, 3.05) is 19.5 Å². The molecule has 5 nitrogen and oxygen atoms in total. The Labute approximate surface area is 140 Å². The number of aromatic nitrogens is 1. The van der Waals surface area contributed by atoms with E-state index >= 15 is 0 Å². The Bertz CT molecular complexity index is 750. The van der Waals surface area contributed by atoms with Crippen molar-refractivity contribution in [2.45, 2.75) is 26.3 Å². The maximum atomic E-state index is 5.11. The molecule has 122 valence electrons. The second-order valence-corrected chi connectivity index (χ2v) is 6.56. The van der Waals surface area contributed by atoms with Crippen LogP contribution in [0, 0.1) is 0 Å². The molecular formula is C17H22N4OS. The second-order valence-electron chi connectivity index (χ2n) is 5.59. The van der Waals surface area contributed by atoms with Gasteiger partial charge < -0.3 is 9.72 Å². The van der Waals surface area contributed by atoms with Gasteiger partial charge in [-0.1, -0.05) is 36.9 Å². The summed E-state index contributed by atoms with van der Waals surface area (Å²) in [6.45, 7) is 4.82. The molecule has 2 N–H and O–H groups in total. The Balaban J connectivity index is 1.83. The predicted octanol–water partition coefficient (Wildman–Crippen LogP) is 3.16. The molecule has 0 spiro atoms. The molecule has 2 aromatic rings. The topological polar surface area (TPSA) is 61.8 Å². The molecule has 0 saturated heterocycles. The third-order valence-electron chi connectivity index (χ3n) is 3.87. The van der Waals surface area contributed by atoms with Crippen molar-refractivity contribution >= 4 is 33.5 Å². The van der Waals surface area contributed by atoms with Gasteiger partial charge in [0.1, 0.15) is 0 Å². The van der Waals surface area contributed by atoms with E-state index in [9.17, 15) is 0 Å². The number of amidine groups is 1. The first-order valence-corrected chi connectivity index (χ1v) is 8.83. The fraction of sp³-hybridized carbons (Fsp3) is 0.412. The van der Waals surface area contributed by atoms with E-state index < -0.39 is 0 Å². The standard InChI is InChI=1S/C17H22N4OS/c1-4-12-6-5-7-13-14(8-18-16(12)13)15-10-23-17(21-20-15)19-11(2)9-22-3/h5-8,11,18H,4,9-10H2,1-3H3,(H,19,21)/t11-/m0/s1. The van der Waals surface area contributed by atoms with Crippen LogP contribution in [-0.4, -0.2) is 41.4 Å². The van der Waals surface area contributed by atoms with E-state index in [-0.39, 0.29) is 6.04 Å². The molecule has 23 heavy (non-hydrogen) atoms. The molecule has 0 bridgehead atoms. The number of aliphatic imine (C=N–C) groups is 1. The summed E-state index contributed by atoms with van der Waals surface area (Å²) in [4.78, 5) is 7.96. The smallest absolute Gasteiger partial charge is 0.177 e. The summed E-state index contributed by atoms with van der Waals surface area (Å²) >= 11 is 1.68. The van der Waals surface area contributed by atoms with E-state index in [0.717, 1.165) is 23.1 Å². The third kappa shape index (κ3) is 3.43. The third-order valence-corrected chi connectivity index (χ3v) is 4.76. The Morgan fingerprint density at radius 2 is 2.30 bits per heavy atom. The van der Waals surface area contributed by atoms with Gasteiger partial charge in [0.05, 0.1) is 18.4 Å². The van der Waals surface area contributed by atoms with Crippen LogP contribution in [0.5, 0.6) is 0 Å². The molecule has 0 unspecified atom stereocenters. The Kier molecular flexibility index (Phi) is 5.03. The molecule has 1 aliphatic rings. The molecule has 1 aromatic heterocycles. The molecule has 0 amide bonds. The summed E-state index contributed by atoms with van der Waals surface area (Å²) in [5, 5.41) is 6.62. The van der Waals surface area contributed by atoms with Crippen LogP contribution in [0.4, 0.5) is 0 Å². The molecule has 2 heterocycles. The zero-order valence-electron chi connectivity index (χ0n) is 13.7. The van der Waals surface area contributed by atoms with Gasteiger partial charge in [-0.3, -0.25) is 10.4 Å². The largest absolute Gasteiger partial charge is 0.382 e. The number of fused-ring (bicyclic) bond motifs is 1. The first kappa shape index (κ1) is 16.1. The number of H-pyrrole nitrogens is 1. The SMILES string of the molecule is CCc1cccc2c(C3=NNC(=N[C@@H](C)COC)SC3)c[nH]c12. The Morgan fingerprint density at radius 1 is 1.43 bits per heavy atom. The summed E-state index contributed by atoms with van der Waals surface area (Å²) in [5.41, 5.74) is 7.83. The number of para-hydroxylation sites is 1. The molecular weight excluding hydrogens is 308 g/mol. The van der Waals surface area contributed by atoms with Crippen molar-refractivity contribution in [3.05, 3.63) is 35.5 Å². The van der Waals surface area contributed by atoms with Crippen LogP contribution in [-0.2, 0) is 11.2 Å². The summed E-state index contributed by atoms with van der Waals surface area (Å²) in [6, 6.07) is 6.56. The van der Waals surface area contributed by atoms with E-state index in [2.05, 4.69) is 51.8 Å². The number of aryl methyl sites for hydroxylation is 1. The second kappa shape index (κ2) is 7.19. The highest BCUT2D eigenvalue weighted by Gasteiger charge is 2.17. The van der Waals surface area contributed by atoms with E-state index in [0.29, 0.717) is 6.61 Å². The van der Waals surface area contributed by atoms with Gasteiger partial charge >= 0.3 is 0 Å². The average molecular weight is 330 g/mol. The number of nitrogens with zero attached hydrogens (tertiary/aromatic N) is 2. The molecule has 0 aliphatic carbocycles. The van der Waals surface area contributed by atoms with Gasteiger partial charge in [0.25, 0.3) is 0 Å². The first-order valence-electron chi connectivity index (χ1n) is 7.84. The lowest BCUT2D eigenvalue weighted by atomic mass is 10.1. The molecule has 1 aliphatic heterocycles. The van der Waals surface area contributed by atoms with E-state index in [1.807, 2.05) is 6.92 Å². The highest BCUT2D eigenvalue weighted by atomic mass is 32.2. The summed E-state index contributed by atoms with van der Waals surface area (Å²) < 4.78 is 5.11. The van der Waals surface area contributed by atoms with Gasteiger partial charge in [0, 0.05) is 35.5 Å². The number of hydrogen-bond acceptors (Lipinski definition) is 4. The van der Waals surface area contributed by atoms with Crippen molar-refractivity contribution in [3.63, 3.8) is 0 Å². The van der Waals surface area contributed by atoms with Gasteiger partial charge in [-0.15, -0.1) is 0 Å².